The van der Waals surface area contributed by atoms with Crippen molar-refractivity contribution in [3.8, 4) is 0 Å². The molecule has 18 heavy (non-hydrogen) atoms. The topological polar surface area (TPSA) is 67.2 Å². The van der Waals surface area contributed by atoms with Crippen LogP contribution in [0.2, 0.25) is 0 Å². The van der Waals surface area contributed by atoms with E-state index in [1.54, 1.807) is 17.8 Å². The Morgan fingerprint density at radius 3 is 2.89 bits per heavy atom. The number of nitrogens with one attached hydrogen (secondary N) is 1. The average Bonchev–Trinajstić information content (AvgIpc) is 2.84. The number of carbonyl (C=O) groups is 1. The van der Waals surface area contributed by atoms with Gasteiger partial charge in [-0.2, -0.15) is 5.10 Å². The normalized spacial score (nSPS) is 12.1. The average molecular weight is 245 g/mol. The Morgan fingerprint density at radius 2 is 2.22 bits per heavy atom. The van der Waals surface area contributed by atoms with Gasteiger partial charge in [-0.1, -0.05) is 18.2 Å². The summed E-state index contributed by atoms with van der Waals surface area (Å²) in [5.41, 5.74) is 1.83. The second-order valence-corrected chi connectivity index (χ2v) is 4.07. The lowest BCUT2D eigenvalue weighted by atomic mass is 10.1. The number of hydrogen-bond acceptors (Lipinski definition) is 3. The van der Waals surface area contributed by atoms with E-state index in [1.807, 2.05) is 36.5 Å². The lowest BCUT2D eigenvalue weighted by Crippen LogP contribution is -2.26. The summed E-state index contributed by atoms with van der Waals surface area (Å²) in [4.78, 5) is 10.9. The van der Waals surface area contributed by atoms with Gasteiger partial charge in [0.1, 0.15) is 6.04 Å². The summed E-state index contributed by atoms with van der Waals surface area (Å²) in [5.74, 6) is -0.871. The van der Waals surface area contributed by atoms with Gasteiger partial charge in [-0.05, 0) is 24.6 Å². The summed E-state index contributed by atoms with van der Waals surface area (Å²) in [5, 5.41) is 16.0. The van der Waals surface area contributed by atoms with E-state index >= 15 is 0 Å². The van der Waals surface area contributed by atoms with Crippen molar-refractivity contribution in [2.45, 2.75) is 19.5 Å². The van der Waals surface area contributed by atoms with Crippen LogP contribution in [0, 0.1) is 0 Å². The highest BCUT2D eigenvalue weighted by Crippen LogP contribution is 2.17. The molecule has 2 rings (SSSR count). The van der Waals surface area contributed by atoms with Gasteiger partial charge in [0.2, 0.25) is 0 Å². The monoisotopic (exact) mass is 245 g/mol. The summed E-state index contributed by atoms with van der Waals surface area (Å²) in [6.07, 6.45) is 3.59. The predicted octanol–water partition coefficient (Wildman–Crippen LogP) is 1.82. The summed E-state index contributed by atoms with van der Waals surface area (Å²) in [6, 6.07) is 8.87. The number of hydrogen-bond donors (Lipinski definition) is 2. The standard InChI is InChI=1S/C13H15N3O2/c1-10(13(17)18)15-12-6-3-2-5-11(12)9-16-8-4-7-14-16/h2-8,10,15H,9H2,1H3,(H,17,18). The molecule has 5 heteroatoms. The van der Waals surface area contributed by atoms with Crippen LogP contribution >= 0.6 is 0 Å². The van der Waals surface area contributed by atoms with Crippen molar-refractivity contribution in [2.24, 2.45) is 0 Å². The van der Waals surface area contributed by atoms with E-state index in [0.717, 1.165) is 11.3 Å². The molecule has 5 nitrogen and oxygen atoms in total. The van der Waals surface area contributed by atoms with E-state index < -0.39 is 12.0 Å². The molecule has 0 saturated heterocycles. The van der Waals surface area contributed by atoms with E-state index in [0.29, 0.717) is 6.54 Å². The Bertz CT molecular complexity index is 523. The van der Waals surface area contributed by atoms with Crippen molar-refractivity contribution < 1.29 is 9.90 Å². The SMILES string of the molecule is CC(Nc1ccccc1Cn1cccn1)C(=O)O. The van der Waals surface area contributed by atoms with Crippen LogP contribution < -0.4 is 5.32 Å². The van der Waals surface area contributed by atoms with E-state index in [4.69, 9.17) is 5.11 Å². The minimum absolute atomic E-state index is 0.614. The van der Waals surface area contributed by atoms with Crippen molar-refractivity contribution in [2.75, 3.05) is 5.32 Å². The fraction of sp³-hybridized carbons (Fsp3) is 0.231. The van der Waals surface area contributed by atoms with Crippen LogP contribution in [0.25, 0.3) is 0 Å². The molecule has 0 bridgehead atoms. The largest absolute Gasteiger partial charge is 0.480 e. The fourth-order valence-electron chi connectivity index (χ4n) is 1.66. The molecule has 1 atom stereocenters. The van der Waals surface area contributed by atoms with Crippen LogP contribution in [-0.4, -0.2) is 26.9 Å². The Balaban J connectivity index is 2.17. The van der Waals surface area contributed by atoms with Crippen LogP contribution in [0.5, 0.6) is 0 Å². The summed E-state index contributed by atoms with van der Waals surface area (Å²) in [7, 11) is 0. The molecule has 0 fully saturated rings. The molecule has 2 aromatic rings. The van der Waals surface area contributed by atoms with Gasteiger partial charge >= 0.3 is 5.97 Å². The minimum atomic E-state index is -0.871. The number of carboxylic acid groups (broad SMARTS) is 1. The molecule has 0 aliphatic heterocycles. The number of aromatic nitrogens is 2. The highest BCUT2D eigenvalue weighted by Gasteiger charge is 2.12. The van der Waals surface area contributed by atoms with Crippen LogP contribution in [0.3, 0.4) is 0 Å². The van der Waals surface area contributed by atoms with Gasteiger partial charge in [-0.15, -0.1) is 0 Å². The molecular weight excluding hydrogens is 230 g/mol. The highest BCUT2D eigenvalue weighted by atomic mass is 16.4. The smallest absolute Gasteiger partial charge is 0.325 e. The first kappa shape index (κ1) is 12.2. The lowest BCUT2D eigenvalue weighted by Gasteiger charge is -2.15. The molecular formula is C13H15N3O2. The molecule has 1 aromatic heterocycles. The zero-order valence-corrected chi connectivity index (χ0v) is 10.1. The maximum atomic E-state index is 10.9. The first-order valence-corrected chi connectivity index (χ1v) is 5.71. The third-order valence-corrected chi connectivity index (χ3v) is 2.65. The van der Waals surface area contributed by atoms with Crippen molar-refractivity contribution in [3.05, 3.63) is 48.3 Å². The second kappa shape index (κ2) is 5.35. The highest BCUT2D eigenvalue weighted by molar-refractivity contribution is 5.77. The van der Waals surface area contributed by atoms with Gasteiger partial charge in [0.05, 0.1) is 6.54 Å². The Morgan fingerprint density at radius 1 is 1.44 bits per heavy atom. The molecule has 0 radical (unpaired) electrons. The van der Waals surface area contributed by atoms with Crippen LogP contribution in [0.1, 0.15) is 12.5 Å². The van der Waals surface area contributed by atoms with Gasteiger partial charge in [-0.25, -0.2) is 0 Å². The predicted molar refractivity (Wildman–Crippen MR) is 68.5 cm³/mol. The molecule has 1 heterocycles. The number of nitrogens with zero attached hydrogens (tertiary/aromatic N) is 2. The maximum absolute atomic E-state index is 10.9. The molecule has 1 unspecified atom stereocenters. The third-order valence-electron chi connectivity index (χ3n) is 2.65. The Kier molecular flexibility index (Phi) is 3.62. The number of benzene rings is 1. The molecule has 0 spiro atoms. The molecule has 0 aliphatic rings. The van der Waals surface area contributed by atoms with E-state index in [-0.39, 0.29) is 0 Å². The number of carboxylic acids is 1. The summed E-state index contributed by atoms with van der Waals surface area (Å²) in [6.45, 7) is 2.23. The van der Waals surface area contributed by atoms with Crippen LogP contribution in [0.4, 0.5) is 5.69 Å². The van der Waals surface area contributed by atoms with Crippen LogP contribution in [-0.2, 0) is 11.3 Å². The fourth-order valence-corrected chi connectivity index (χ4v) is 1.66. The van der Waals surface area contributed by atoms with Crippen molar-refractivity contribution >= 4 is 11.7 Å². The van der Waals surface area contributed by atoms with Gasteiger partial charge in [0.15, 0.2) is 0 Å². The zero-order valence-electron chi connectivity index (χ0n) is 10.1. The number of aliphatic carboxylic acids is 1. The molecule has 0 amide bonds. The van der Waals surface area contributed by atoms with Crippen molar-refractivity contribution in [1.29, 1.82) is 0 Å². The van der Waals surface area contributed by atoms with Crippen molar-refractivity contribution in [3.63, 3.8) is 0 Å². The lowest BCUT2D eigenvalue weighted by molar-refractivity contribution is -0.137. The minimum Gasteiger partial charge on any atom is -0.480 e. The second-order valence-electron chi connectivity index (χ2n) is 4.07. The zero-order chi connectivity index (χ0) is 13.0. The quantitative estimate of drug-likeness (QED) is 0.843. The third kappa shape index (κ3) is 2.88. The summed E-state index contributed by atoms with van der Waals surface area (Å²) < 4.78 is 1.80. The number of rotatable bonds is 5. The summed E-state index contributed by atoms with van der Waals surface area (Å²) >= 11 is 0. The van der Waals surface area contributed by atoms with E-state index in [1.165, 1.54) is 0 Å². The van der Waals surface area contributed by atoms with E-state index in [2.05, 4.69) is 10.4 Å². The number of anilines is 1. The van der Waals surface area contributed by atoms with E-state index in [9.17, 15) is 4.79 Å². The molecule has 94 valence electrons. The molecule has 0 aliphatic carbocycles. The maximum Gasteiger partial charge on any atom is 0.325 e. The Hall–Kier alpha value is -2.30. The number of para-hydroxylation sites is 1. The van der Waals surface area contributed by atoms with Crippen LogP contribution in [0.15, 0.2) is 42.7 Å². The molecule has 1 aromatic carbocycles. The molecule has 2 N–H and O–H groups in total. The van der Waals surface area contributed by atoms with Gasteiger partial charge in [-0.3, -0.25) is 9.48 Å². The molecule has 0 saturated carbocycles. The van der Waals surface area contributed by atoms with Crippen molar-refractivity contribution in [1.82, 2.24) is 9.78 Å². The first-order valence-electron chi connectivity index (χ1n) is 5.71. The van der Waals surface area contributed by atoms with Gasteiger partial charge in [0, 0.05) is 18.1 Å². The Labute approximate surface area is 105 Å². The van der Waals surface area contributed by atoms with Gasteiger partial charge < -0.3 is 10.4 Å². The van der Waals surface area contributed by atoms with Gasteiger partial charge in [0.25, 0.3) is 0 Å². The first-order chi connectivity index (χ1) is 8.66.